The lowest BCUT2D eigenvalue weighted by Gasteiger charge is -2.35. The molecule has 1 heterocycles. The van der Waals surface area contributed by atoms with Crippen LogP contribution in [0.2, 0.25) is 0 Å². The van der Waals surface area contributed by atoms with Crippen LogP contribution < -0.4 is 11.1 Å². The summed E-state index contributed by atoms with van der Waals surface area (Å²) in [5.41, 5.74) is 5.14. The lowest BCUT2D eigenvalue weighted by Crippen LogP contribution is -2.54. The zero-order valence-corrected chi connectivity index (χ0v) is 12.7. The molecule has 2 atom stereocenters. The molecule has 0 bridgehead atoms. The van der Waals surface area contributed by atoms with E-state index in [0.717, 1.165) is 6.42 Å². The molecule has 0 radical (unpaired) electrons. The highest BCUT2D eigenvalue weighted by atomic mass is 16.4. The van der Waals surface area contributed by atoms with Gasteiger partial charge >= 0.3 is 12.0 Å². The van der Waals surface area contributed by atoms with Gasteiger partial charge in [0, 0.05) is 19.5 Å². The van der Waals surface area contributed by atoms with Crippen molar-refractivity contribution < 1.29 is 19.5 Å². The first kappa shape index (κ1) is 17.3. The number of nitrogens with zero attached hydrogens (tertiary/aromatic N) is 1. The van der Waals surface area contributed by atoms with E-state index in [1.807, 2.05) is 13.8 Å². The topological polar surface area (TPSA) is 113 Å². The maximum Gasteiger partial charge on any atom is 0.312 e. The molecule has 0 aromatic heterocycles. The molecule has 0 aromatic carbocycles. The molecule has 1 aliphatic heterocycles. The van der Waals surface area contributed by atoms with Crippen LogP contribution >= 0.6 is 0 Å². The Labute approximate surface area is 124 Å². The second kappa shape index (κ2) is 7.85. The third-order valence-electron chi connectivity index (χ3n) is 4.17. The number of urea groups is 1. The van der Waals surface area contributed by atoms with Gasteiger partial charge in [0.25, 0.3) is 0 Å². The number of carboxylic acids is 1. The second-order valence-corrected chi connectivity index (χ2v) is 5.74. The highest BCUT2D eigenvalue weighted by molar-refractivity contribution is 5.87. The van der Waals surface area contributed by atoms with Crippen molar-refractivity contribution in [1.29, 1.82) is 0 Å². The van der Waals surface area contributed by atoms with E-state index in [1.54, 1.807) is 4.90 Å². The largest absolute Gasteiger partial charge is 0.481 e. The predicted octanol–water partition coefficient (Wildman–Crippen LogP) is 0.783. The number of carboxylic acid groups (broad SMARTS) is 1. The SMILES string of the molecule is CCC(C)C(NC(N)=O)C(=O)N1CCC(CC(=O)O)CC1. The molecule has 1 aliphatic rings. The first-order valence-corrected chi connectivity index (χ1v) is 7.41. The molecule has 3 amide bonds. The van der Waals surface area contributed by atoms with Crippen LogP contribution in [0.5, 0.6) is 0 Å². The minimum atomic E-state index is -0.798. The molecule has 7 heteroatoms. The third kappa shape index (κ3) is 5.24. The molecule has 0 aliphatic carbocycles. The van der Waals surface area contributed by atoms with E-state index >= 15 is 0 Å². The predicted molar refractivity (Wildman–Crippen MR) is 77.5 cm³/mol. The van der Waals surface area contributed by atoms with Gasteiger partial charge in [-0.2, -0.15) is 0 Å². The fourth-order valence-corrected chi connectivity index (χ4v) is 2.64. The maximum absolute atomic E-state index is 12.5. The normalized spacial score (nSPS) is 18.9. The van der Waals surface area contributed by atoms with Crippen molar-refractivity contribution in [3.05, 3.63) is 0 Å². The molecule has 2 unspecified atom stereocenters. The number of hydrogen-bond donors (Lipinski definition) is 3. The number of rotatable bonds is 6. The van der Waals surface area contributed by atoms with Gasteiger partial charge < -0.3 is 21.1 Å². The number of aliphatic carboxylic acids is 1. The van der Waals surface area contributed by atoms with Gasteiger partial charge in [-0.05, 0) is 24.7 Å². The Balaban J connectivity index is 2.60. The molecule has 4 N–H and O–H groups in total. The Kier molecular flexibility index (Phi) is 6.45. The van der Waals surface area contributed by atoms with E-state index in [2.05, 4.69) is 5.32 Å². The zero-order valence-electron chi connectivity index (χ0n) is 12.7. The number of nitrogens with two attached hydrogens (primary N) is 1. The van der Waals surface area contributed by atoms with Gasteiger partial charge in [0.05, 0.1) is 0 Å². The summed E-state index contributed by atoms with van der Waals surface area (Å²) in [4.78, 5) is 36.0. The Bertz CT molecular complexity index is 392. The lowest BCUT2D eigenvalue weighted by molar-refractivity contribution is -0.139. The molecular formula is C14H25N3O4. The average Bonchev–Trinajstić information content (AvgIpc) is 2.43. The van der Waals surface area contributed by atoms with Gasteiger partial charge in [0.15, 0.2) is 0 Å². The molecule has 1 saturated heterocycles. The number of likely N-dealkylation sites (tertiary alicyclic amines) is 1. The van der Waals surface area contributed by atoms with Gasteiger partial charge in [-0.1, -0.05) is 20.3 Å². The third-order valence-corrected chi connectivity index (χ3v) is 4.17. The number of nitrogens with one attached hydrogen (secondary N) is 1. The smallest absolute Gasteiger partial charge is 0.312 e. The van der Waals surface area contributed by atoms with E-state index in [-0.39, 0.29) is 24.2 Å². The number of piperidine rings is 1. The maximum atomic E-state index is 12.5. The molecule has 0 spiro atoms. The van der Waals surface area contributed by atoms with Gasteiger partial charge in [-0.3, -0.25) is 9.59 Å². The van der Waals surface area contributed by atoms with Crippen molar-refractivity contribution in [2.24, 2.45) is 17.6 Å². The fourth-order valence-electron chi connectivity index (χ4n) is 2.64. The summed E-state index contributed by atoms with van der Waals surface area (Å²) in [5.74, 6) is -0.802. The zero-order chi connectivity index (χ0) is 16.0. The first-order chi connectivity index (χ1) is 9.85. The number of primary amides is 1. The minimum Gasteiger partial charge on any atom is -0.481 e. The lowest BCUT2D eigenvalue weighted by atomic mass is 9.92. The highest BCUT2D eigenvalue weighted by Gasteiger charge is 2.32. The summed E-state index contributed by atoms with van der Waals surface area (Å²) in [5, 5.41) is 11.3. The summed E-state index contributed by atoms with van der Waals surface area (Å²) in [6.45, 7) is 4.91. The number of carbonyl (C=O) groups is 3. The van der Waals surface area contributed by atoms with Crippen LogP contribution in [-0.4, -0.2) is 47.0 Å². The van der Waals surface area contributed by atoms with Crippen LogP contribution in [0.3, 0.4) is 0 Å². The Hall–Kier alpha value is -1.79. The van der Waals surface area contributed by atoms with Gasteiger partial charge in [-0.15, -0.1) is 0 Å². The summed E-state index contributed by atoms with van der Waals surface area (Å²) in [6, 6.07) is -1.31. The van der Waals surface area contributed by atoms with E-state index < -0.39 is 18.0 Å². The molecule has 0 saturated carbocycles. The van der Waals surface area contributed by atoms with Gasteiger partial charge in [-0.25, -0.2) is 4.79 Å². The Morgan fingerprint density at radius 2 is 1.90 bits per heavy atom. The van der Waals surface area contributed by atoms with Gasteiger partial charge in [0.2, 0.25) is 5.91 Å². The summed E-state index contributed by atoms with van der Waals surface area (Å²) in [6.07, 6.45) is 2.27. The Morgan fingerprint density at radius 3 is 2.33 bits per heavy atom. The van der Waals surface area contributed by atoms with Crippen molar-refractivity contribution >= 4 is 17.9 Å². The van der Waals surface area contributed by atoms with E-state index in [0.29, 0.717) is 25.9 Å². The van der Waals surface area contributed by atoms with Crippen LogP contribution in [0.1, 0.15) is 39.5 Å². The van der Waals surface area contributed by atoms with Crippen LogP contribution in [0.4, 0.5) is 4.79 Å². The Morgan fingerprint density at radius 1 is 1.33 bits per heavy atom. The minimum absolute atomic E-state index is 0.00161. The van der Waals surface area contributed by atoms with Crippen molar-refractivity contribution in [2.75, 3.05) is 13.1 Å². The van der Waals surface area contributed by atoms with E-state index in [4.69, 9.17) is 10.8 Å². The second-order valence-electron chi connectivity index (χ2n) is 5.74. The standard InChI is InChI=1S/C14H25N3O4/c1-3-9(2)12(16-14(15)21)13(20)17-6-4-10(5-7-17)8-11(18)19/h9-10,12H,3-8H2,1-2H3,(H,18,19)(H3,15,16,21). The number of hydrogen-bond acceptors (Lipinski definition) is 3. The first-order valence-electron chi connectivity index (χ1n) is 7.41. The summed E-state index contributed by atoms with van der Waals surface area (Å²) < 4.78 is 0. The molecule has 1 fully saturated rings. The van der Waals surface area contributed by atoms with Crippen molar-refractivity contribution in [3.8, 4) is 0 Å². The average molecular weight is 299 g/mol. The molecule has 21 heavy (non-hydrogen) atoms. The quantitative estimate of drug-likeness (QED) is 0.672. The molecule has 120 valence electrons. The van der Waals surface area contributed by atoms with Crippen LogP contribution in [0, 0.1) is 11.8 Å². The molecule has 7 nitrogen and oxygen atoms in total. The highest BCUT2D eigenvalue weighted by Crippen LogP contribution is 2.22. The van der Waals surface area contributed by atoms with Crippen molar-refractivity contribution in [2.45, 2.75) is 45.6 Å². The van der Waals surface area contributed by atoms with Gasteiger partial charge in [0.1, 0.15) is 6.04 Å². The molecular weight excluding hydrogens is 274 g/mol. The summed E-state index contributed by atoms with van der Waals surface area (Å²) >= 11 is 0. The van der Waals surface area contributed by atoms with Crippen molar-refractivity contribution in [3.63, 3.8) is 0 Å². The van der Waals surface area contributed by atoms with Crippen LogP contribution in [0.25, 0.3) is 0 Å². The monoisotopic (exact) mass is 299 g/mol. The van der Waals surface area contributed by atoms with Crippen molar-refractivity contribution in [1.82, 2.24) is 10.2 Å². The van der Waals surface area contributed by atoms with Crippen LogP contribution in [-0.2, 0) is 9.59 Å². The fraction of sp³-hybridized carbons (Fsp3) is 0.786. The van der Waals surface area contributed by atoms with Crippen LogP contribution in [0.15, 0.2) is 0 Å². The summed E-state index contributed by atoms with van der Waals surface area (Å²) in [7, 11) is 0. The number of carbonyl (C=O) groups excluding carboxylic acids is 2. The number of amides is 3. The molecule has 0 aromatic rings. The molecule has 1 rings (SSSR count). The van der Waals surface area contributed by atoms with E-state index in [9.17, 15) is 14.4 Å². The van der Waals surface area contributed by atoms with E-state index in [1.165, 1.54) is 0 Å².